The number of carbonyl (C=O) groups excluding carboxylic acids is 1. The van der Waals surface area contributed by atoms with Gasteiger partial charge in [0.2, 0.25) is 0 Å². The number of hydrogen-bond donors (Lipinski definition) is 0. The van der Waals surface area contributed by atoms with E-state index in [1.54, 1.807) is 12.3 Å². The molecule has 0 bridgehead atoms. The van der Waals surface area contributed by atoms with Gasteiger partial charge < -0.3 is 0 Å². The van der Waals surface area contributed by atoms with E-state index in [0.717, 1.165) is 17.2 Å². The first-order valence-electron chi connectivity index (χ1n) is 9.68. The molecule has 2 aromatic carbocycles. The van der Waals surface area contributed by atoms with Crippen LogP contribution in [0.3, 0.4) is 0 Å². The second-order valence-electron chi connectivity index (χ2n) is 6.54. The van der Waals surface area contributed by atoms with Crippen LogP contribution >= 0.6 is 0 Å². The van der Waals surface area contributed by atoms with E-state index < -0.39 is 0 Å². The molecule has 1 aromatic heterocycles. The fourth-order valence-electron chi connectivity index (χ4n) is 2.98. The summed E-state index contributed by atoms with van der Waals surface area (Å²) in [4.78, 5) is 14.7. The summed E-state index contributed by atoms with van der Waals surface area (Å²) in [5, 5.41) is 1.00. The summed E-state index contributed by atoms with van der Waals surface area (Å²) in [7, 11) is 0. The zero-order valence-electron chi connectivity index (χ0n) is 15.7. The van der Waals surface area contributed by atoms with E-state index in [-0.39, 0.29) is 0 Å². The van der Waals surface area contributed by atoms with Crippen LogP contribution in [0.1, 0.15) is 61.4 Å². The number of rotatable bonds is 8. The van der Waals surface area contributed by atoms with Crippen molar-refractivity contribution in [3.63, 3.8) is 0 Å². The number of hydrogen-bond acceptors (Lipinski definition) is 2. The number of aryl methyl sites for hydroxylation is 1. The standard InChI is InChI=1S/C14H22.C10H7NO/c1-2-3-4-5-6-8-11-14-12-9-7-10-13-14;12-7-9-4-1-3-8-5-2-6-11-10(8)9/h7,9-10,12-13H,2-6,8,11H2,1H3;1-7H. The van der Waals surface area contributed by atoms with Gasteiger partial charge in [-0.25, -0.2) is 0 Å². The van der Waals surface area contributed by atoms with Gasteiger partial charge in [-0.05, 0) is 30.5 Å². The Morgan fingerprint density at radius 1 is 0.808 bits per heavy atom. The van der Waals surface area contributed by atoms with Gasteiger partial charge in [0.1, 0.15) is 0 Å². The molecule has 0 radical (unpaired) electrons. The number of para-hydroxylation sites is 1. The molecule has 0 atom stereocenters. The molecule has 0 fully saturated rings. The molecule has 0 aliphatic rings. The minimum absolute atomic E-state index is 0.646. The molecule has 3 rings (SSSR count). The summed E-state index contributed by atoms with van der Waals surface area (Å²) in [5.74, 6) is 0. The third-order valence-electron chi connectivity index (χ3n) is 4.45. The van der Waals surface area contributed by atoms with Gasteiger partial charge in [-0.15, -0.1) is 0 Å². The molecular formula is C24H29NO. The average Bonchev–Trinajstić information content (AvgIpc) is 2.71. The van der Waals surface area contributed by atoms with Gasteiger partial charge in [0, 0.05) is 17.1 Å². The number of nitrogens with zero attached hydrogens (tertiary/aromatic N) is 1. The van der Waals surface area contributed by atoms with Crippen molar-refractivity contribution in [2.75, 3.05) is 0 Å². The van der Waals surface area contributed by atoms with Crippen molar-refractivity contribution >= 4 is 17.2 Å². The summed E-state index contributed by atoms with van der Waals surface area (Å²) in [6.07, 6.45) is 12.1. The van der Waals surface area contributed by atoms with Crippen molar-refractivity contribution in [3.05, 3.63) is 78.0 Å². The van der Waals surface area contributed by atoms with E-state index in [9.17, 15) is 4.79 Å². The Kier molecular flexibility index (Phi) is 9.13. The van der Waals surface area contributed by atoms with Gasteiger partial charge in [-0.3, -0.25) is 9.78 Å². The zero-order chi connectivity index (χ0) is 18.5. The second kappa shape index (κ2) is 12.0. The first kappa shape index (κ1) is 19.8. The highest BCUT2D eigenvalue weighted by Crippen LogP contribution is 2.13. The fourth-order valence-corrected chi connectivity index (χ4v) is 2.98. The molecule has 3 aromatic rings. The predicted octanol–water partition coefficient (Wildman–Crippen LogP) is 6.64. The molecule has 0 amide bonds. The van der Waals surface area contributed by atoms with Crippen molar-refractivity contribution < 1.29 is 4.79 Å². The van der Waals surface area contributed by atoms with Gasteiger partial charge in [0.05, 0.1) is 5.52 Å². The highest BCUT2D eigenvalue weighted by molar-refractivity contribution is 5.95. The Morgan fingerprint density at radius 2 is 1.54 bits per heavy atom. The van der Waals surface area contributed by atoms with Gasteiger partial charge in [0.25, 0.3) is 0 Å². The van der Waals surface area contributed by atoms with Crippen LogP contribution in [0.2, 0.25) is 0 Å². The van der Waals surface area contributed by atoms with Crippen molar-refractivity contribution in [1.82, 2.24) is 4.98 Å². The van der Waals surface area contributed by atoms with Crippen LogP contribution in [0, 0.1) is 0 Å². The minimum atomic E-state index is 0.646. The van der Waals surface area contributed by atoms with Crippen molar-refractivity contribution in [2.45, 2.75) is 51.9 Å². The van der Waals surface area contributed by atoms with Crippen LogP contribution < -0.4 is 0 Å². The van der Waals surface area contributed by atoms with Crippen molar-refractivity contribution in [1.29, 1.82) is 0 Å². The minimum Gasteiger partial charge on any atom is -0.298 e. The molecule has 0 unspecified atom stereocenters. The SMILES string of the molecule is CCCCCCCCc1ccccc1.O=Cc1cccc2cccnc12. The number of aldehydes is 1. The van der Waals surface area contributed by atoms with Gasteiger partial charge in [-0.1, -0.05) is 87.6 Å². The van der Waals surface area contributed by atoms with Crippen LogP contribution in [-0.4, -0.2) is 11.3 Å². The lowest BCUT2D eigenvalue weighted by atomic mass is 10.1. The van der Waals surface area contributed by atoms with E-state index in [4.69, 9.17) is 0 Å². The number of fused-ring (bicyclic) bond motifs is 1. The molecule has 2 nitrogen and oxygen atoms in total. The molecule has 0 aliphatic heterocycles. The Labute approximate surface area is 157 Å². The number of benzene rings is 2. The van der Waals surface area contributed by atoms with Crippen LogP contribution in [0.25, 0.3) is 10.9 Å². The van der Waals surface area contributed by atoms with Crippen LogP contribution in [0.15, 0.2) is 66.9 Å². The largest absolute Gasteiger partial charge is 0.298 e. The number of unbranched alkanes of at least 4 members (excludes halogenated alkanes) is 5. The second-order valence-corrected chi connectivity index (χ2v) is 6.54. The summed E-state index contributed by atoms with van der Waals surface area (Å²) in [5.41, 5.74) is 2.91. The van der Waals surface area contributed by atoms with Gasteiger partial charge in [-0.2, -0.15) is 0 Å². The van der Waals surface area contributed by atoms with Crippen LogP contribution in [-0.2, 0) is 6.42 Å². The molecule has 0 saturated carbocycles. The molecule has 0 saturated heterocycles. The van der Waals surface area contributed by atoms with E-state index >= 15 is 0 Å². The topological polar surface area (TPSA) is 30.0 Å². The van der Waals surface area contributed by atoms with E-state index in [1.165, 1.54) is 50.5 Å². The normalized spacial score (nSPS) is 10.2. The summed E-state index contributed by atoms with van der Waals surface area (Å²) < 4.78 is 0. The molecule has 2 heteroatoms. The van der Waals surface area contributed by atoms with Crippen LogP contribution in [0.5, 0.6) is 0 Å². The number of aromatic nitrogens is 1. The maximum absolute atomic E-state index is 10.6. The van der Waals surface area contributed by atoms with Crippen LogP contribution in [0.4, 0.5) is 0 Å². The Hall–Kier alpha value is -2.48. The lowest BCUT2D eigenvalue weighted by Crippen LogP contribution is -1.85. The molecule has 1 heterocycles. The highest BCUT2D eigenvalue weighted by Gasteiger charge is 1.98. The third-order valence-corrected chi connectivity index (χ3v) is 4.45. The molecule has 26 heavy (non-hydrogen) atoms. The quantitative estimate of drug-likeness (QED) is 0.338. The average molecular weight is 348 g/mol. The molecular weight excluding hydrogens is 318 g/mol. The number of pyridine rings is 1. The first-order valence-corrected chi connectivity index (χ1v) is 9.68. The molecule has 0 aliphatic carbocycles. The Bertz CT molecular complexity index is 762. The molecule has 0 N–H and O–H groups in total. The Morgan fingerprint density at radius 3 is 2.31 bits per heavy atom. The summed E-state index contributed by atoms with van der Waals surface area (Å²) in [6, 6.07) is 20.2. The summed E-state index contributed by atoms with van der Waals surface area (Å²) >= 11 is 0. The third kappa shape index (κ3) is 6.79. The van der Waals surface area contributed by atoms with Crippen molar-refractivity contribution in [3.8, 4) is 0 Å². The maximum atomic E-state index is 10.6. The smallest absolute Gasteiger partial charge is 0.152 e. The van der Waals surface area contributed by atoms with Gasteiger partial charge in [0.15, 0.2) is 6.29 Å². The lowest BCUT2D eigenvalue weighted by molar-refractivity contribution is 0.112. The fraction of sp³-hybridized carbons (Fsp3) is 0.333. The molecule has 0 spiro atoms. The number of carbonyl (C=O) groups is 1. The van der Waals surface area contributed by atoms with E-state index in [2.05, 4.69) is 42.2 Å². The maximum Gasteiger partial charge on any atom is 0.152 e. The zero-order valence-corrected chi connectivity index (χ0v) is 15.7. The van der Waals surface area contributed by atoms with Gasteiger partial charge >= 0.3 is 0 Å². The highest BCUT2D eigenvalue weighted by atomic mass is 16.1. The Balaban J connectivity index is 0.000000189. The molecule has 136 valence electrons. The lowest BCUT2D eigenvalue weighted by Gasteiger charge is -2.01. The van der Waals surface area contributed by atoms with E-state index in [0.29, 0.717) is 5.56 Å². The monoisotopic (exact) mass is 347 g/mol. The van der Waals surface area contributed by atoms with Crippen molar-refractivity contribution in [2.24, 2.45) is 0 Å². The van der Waals surface area contributed by atoms with E-state index in [1.807, 2.05) is 24.3 Å². The predicted molar refractivity (Wildman–Crippen MR) is 111 cm³/mol. The summed E-state index contributed by atoms with van der Waals surface area (Å²) in [6.45, 7) is 2.27. The first-order chi connectivity index (χ1) is 12.8.